The molecule has 3 aromatic rings. The first-order valence-electron chi connectivity index (χ1n) is 12.9. The first-order valence-corrected chi connectivity index (χ1v) is 14.8. The van der Waals surface area contributed by atoms with Crippen LogP contribution in [0.3, 0.4) is 0 Å². The standard InChI is InChI=1S/C27H30ClF3N4O3S/c1-34-22-12-11-20(15-21(22)24(28)25(34)17-5-3-2-4-6-17)39(37,38)33-19-9-7-18(8-10-19)26(36)35-14-13-32-23(16-35)27(29,30)31/h2-6,11-12,15,18-19,23,32-33H,7-10,13-14,16H2,1H3/t18?,19?,23-/m0/s1. The fourth-order valence-corrected chi connectivity index (χ4v) is 7.35. The number of halogens is 4. The first-order chi connectivity index (χ1) is 18.5. The molecule has 1 saturated heterocycles. The summed E-state index contributed by atoms with van der Waals surface area (Å²) < 4.78 is 70.5. The van der Waals surface area contributed by atoms with Crippen LogP contribution in [0.2, 0.25) is 5.02 Å². The number of piperazine rings is 1. The maximum atomic E-state index is 13.3. The molecule has 2 fully saturated rings. The number of fused-ring (bicyclic) bond motifs is 1. The molecule has 1 saturated carbocycles. The lowest BCUT2D eigenvalue weighted by Crippen LogP contribution is -2.59. The zero-order chi connectivity index (χ0) is 27.9. The maximum Gasteiger partial charge on any atom is 0.405 e. The Kier molecular flexibility index (Phi) is 7.71. The van der Waals surface area contributed by atoms with Crippen molar-refractivity contribution in [3.8, 4) is 11.3 Å². The number of nitrogens with one attached hydrogen (secondary N) is 2. The van der Waals surface area contributed by atoms with Crippen molar-refractivity contribution in [1.82, 2.24) is 19.5 Å². The van der Waals surface area contributed by atoms with Gasteiger partial charge >= 0.3 is 6.18 Å². The average Bonchev–Trinajstić information content (AvgIpc) is 3.17. The summed E-state index contributed by atoms with van der Waals surface area (Å²) in [4.78, 5) is 14.3. The molecule has 12 heteroatoms. The maximum absolute atomic E-state index is 13.3. The second-order valence-corrected chi connectivity index (χ2v) is 12.4. The van der Waals surface area contributed by atoms with E-state index in [1.807, 2.05) is 41.9 Å². The molecular weight excluding hydrogens is 553 g/mol. The molecule has 1 aliphatic carbocycles. The van der Waals surface area contributed by atoms with Crippen LogP contribution in [0.1, 0.15) is 25.7 Å². The van der Waals surface area contributed by atoms with Gasteiger partial charge in [-0.1, -0.05) is 41.9 Å². The van der Waals surface area contributed by atoms with Crippen molar-refractivity contribution in [1.29, 1.82) is 0 Å². The van der Waals surface area contributed by atoms with Crippen molar-refractivity contribution in [2.75, 3.05) is 19.6 Å². The molecule has 2 aromatic carbocycles. The normalized spacial score (nSPS) is 22.8. The van der Waals surface area contributed by atoms with Crippen LogP contribution >= 0.6 is 11.6 Å². The summed E-state index contributed by atoms with van der Waals surface area (Å²) in [6, 6.07) is 12.4. The molecule has 2 aliphatic rings. The smallest absolute Gasteiger partial charge is 0.342 e. The fraction of sp³-hybridized carbons (Fsp3) is 0.444. The highest BCUT2D eigenvalue weighted by Gasteiger charge is 2.43. The largest absolute Gasteiger partial charge is 0.405 e. The van der Waals surface area contributed by atoms with Crippen LogP contribution < -0.4 is 10.0 Å². The number of alkyl halides is 3. The number of carbonyl (C=O) groups is 1. The molecule has 0 unspecified atom stereocenters. The molecule has 1 aliphatic heterocycles. The van der Waals surface area contributed by atoms with Gasteiger partial charge in [-0.3, -0.25) is 4.79 Å². The molecule has 2 N–H and O–H groups in total. The quantitative estimate of drug-likeness (QED) is 0.457. The van der Waals surface area contributed by atoms with Crippen molar-refractivity contribution in [3.63, 3.8) is 0 Å². The topological polar surface area (TPSA) is 83.4 Å². The van der Waals surface area contributed by atoms with Gasteiger partial charge in [-0.15, -0.1) is 0 Å². The van der Waals surface area contributed by atoms with Gasteiger partial charge in [0.25, 0.3) is 0 Å². The van der Waals surface area contributed by atoms with E-state index in [1.165, 1.54) is 4.90 Å². The van der Waals surface area contributed by atoms with E-state index in [1.54, 1.807) is 18.2 Å². The van der Waals surface area contributed by atoms with E-state index in [-0.39, 0.29) is 29.9 Å². The number of hydrogen-bond acceptors (Lipinski definition) is 4. The van der Waals surface area contributed by atoms with Crippen LogP contribution in [0.15, 0.2) is 53.4 Å². The van der Waals surface area contributed by atoms with Crippen molar-refractivity contribution in [2.45, 2.75) is 48.8 Å². The van der Waals surface area contributed by atoms with Crippen LogP contribution in [-0.2, 0) is 21.9 Å². The van der Waals surface area contributed by atoms with Crippen molar-refractivity contribution >= 4 is 38.4 Å². The predicted molar refractivity (Wildman–Crippen MR) is 144 cm³/mol. The summed E-state index contributed by atoms with van der Waals surface area (Å²) in [7, 11) is -1.98. The Morgan fingerprint density at radius 3 is 2.44 bits per heavy atom. The molecule has 210 valence electrons. The van der Waals surface area contributed by atoms with E-state index in [9.17, 15) is 26.4 Å². The van der Waals surface area contributed by atoms with E-state index in [0.717, 1.165) is 16.8 Å². The molecule has 1 aromatic heterocycles. The second kappa shape index (κ2) is 10.8. The number of nitrogens with zero attached hydrogens (tertiary/aromatic N) is 2. The van der Waals surface area contributed by atoms with E-state index < -0.39 is 34.7 Å². The number of carbonyl (C=O) groups excluding carboxylic acids is 1. The Labute approximate surface area is 230 Å². The summed E-state index contributed by atoms with van der Waals surface area (Å²) in [6.45, 7) is -0.0758. The predicted octanol–water partition coefficient (Wildman–Crippen LogP) is 4.70. The third kappa shape index (κ3) is 5.68. The van der Waals surface area contributed by atoms with Gasteiger partial charge in [-0.05, 0) is 49.4 Å². The molecule has 0 spiro atoms. The summed E-state index contributed by atoms with van der Waals surface area (Å²) in [5.74, 6) is -0.695. The average molecular weight is 583 g/mol. The third-order valence-electron chi connectivity index (χ3n) is 7.75. The highest BCUT2D eigenvalue weighted by Crippen LogP contribution is 2.38. The highest BCUT2D eigenvalue weighted by molar-refractivity contribution is 7.89. The van der Waals surface area contributed by atoms with Gasteiger partial charge < -0.3 is 14.8 Å². The second-order valence-electron chi connectivity index (χ2n) is 10.3. The number of rotatable bonds is 5. The van der Waals surface area contributed by atoms with Gasteiger partial charge in [-0.2, -0.15) is 13.2 Å². The number of benzene rings is 2. The highest BCUT2D eigenvalue weighted by atomic mass is 35.5. The first kappa shape index (κ1) is 27.9. The fourth-order valence-electron chi connectivity index (χ4n) is 5.64. The molecule has 0 radical (unpaired) electrons. The Morgan fingerprint density at radius 1 is 1.08 bits per heavy atom. The van der Waals surface area contributed by atoms with E-state index in [0.29, 0.717) is 36.1 Å². The van der Waals surface area contributed by atoms with Gasteiger partial charge in [0.2, 0.25) is 15.9 Å². The molecule has 7 nitrogen and oxygen atoms in total. The summed E-state index contributed by atoms with van der Waals surface area (Å²) in [5.41, 5.74) is 2.52. The molecule has 2 heterocycles. The van der Waals surface area contributed by atoms with Crippen molar-refractivity contribution in [2.24, 2.45) is 13.0 Å². The van der Waals surface area contributed by atoms with E-state index >= 15 is 0 Å². The van der Waals surface area contributed by atoms with Crippen LogP contribution in [0.5, 0.6) is 0 Å². The minimum Gasteiger partial charge on any atom is -0.342 e. The van der Waals surface area contributed by atoms with Gasteiger partial charge in [-0.25, -0.2) is 13.1 Å². The zero-order valence-electron chi connectivity index (χ0n) is 21.3. The molecule has 1 amide bonds. The molecule has 39 heavy (non-hydrogen) atoms. The Morgan fingerprint density at radius 2 is 1.77 bits per heavy atom. The molecule has 0 bridgehead atoms. The summed E-state index contributed by atoms with van der Waals surface area (Å²) >= 11 is 6.72. The van der Waals surface area contributed by atoms with Gasteiger partial charge in [0.05, 0.1) is 15.6 Å². The summed E-state index contributed by atoms with van der Waals surface area (Å²) in [5, 5.41) is 3.51. The van der Waals surface area contributed by atoms with Gasteiger partial charge in [0, 0.05) is 49.5 Å². The van der Waals surface area contributed by atoms with Crippen LogP contribution in [0.25, 0.3) is 22.2 Å². The third-order valence-corrected chi connectivity index (χ3v) is 9.65. The monoisotopic (exact) mass is 582 g/mol. The lowest BCUT2D eigenvalue weighted by Gasteiger charge is -2.38. The van der Waals surface area contributed by atoms with Crippen LogP contribution in [0, 0.1) is 5.92 Å². The lowest BCUT2D eigenvalue weighted by atomic mass is 9.85. The molecule has 1 atom stereocenters. The van der Waals surface area contributed by atoms with E-state index in [4.69, 9.17) is 11.6 Å². The van der Waals surface area contributed by atoms with Gasteiger partial charge in [0.15, 0.2) is 0 Å². The Balaban J connectivity index is 1.25. The SMILES string of the molecule is Cn1c(-c2ccccc2)c(Cl)c2cc(S(=O)(=O)NC3CCC(C(=O)N4CCN[C@H](C(F)(F)F)C4)CC3)ccc21. The Bertz CT molecular complexity index is 1470. The zero-order valence-corrected chi connectivity index (χ0v) is 22.9. The number of hydrogen-bond donors (Lipinski definition) is 2. The number of aromatic nitrogens is 1. The van der Waals surface area contributed by atoms with Crippen molar-refractivity contribution in [3.05, 3.63) is 53.6 Å². The molecule has 5 rings (SSSR count). The van der Waals surface area contributed by atoms with Gasteiger partial charge in [0.1, 0.15) is 6.04 Å². The lowest BCUT2D eigenvalue weighted by molar-refractivity contribution is -0.169. The van der Waals surface area contributed by atoms with Crippen LogP contribution in [0.4, 0.5) is 13.2 Å². The minimum absolute atomic E-state index is 0.0909. The number of aryl methyl sites for hydroxylation is 1. The number of amides is 1. The van der Waals surface area contributed by atoms with Crippen LogP contribution in [-0.4, -0.2) is 61.7 Å². The summed E-state index contributed by atoms with van der Waals surface area (Å²) in [6.07, 6.45) is -2.73. The number of sulfonamides is 1. The van der Waals surface area contributed by atoms with Crippen molar-refractivity contribution < 1.29 is 26.4 Å². The van der Waals surface area contributed by atoms with E-state index in [2.05, 4.69) is 10.0 Å². The minimum atomic E-state index is -4.41. The molecular formula is C27H30ClF3N4O3S. The Hall–Kier alpha value is -2.60.